The van der Waals surface area contributed by atoms with Crippen LogP contribution in [0, 0.1) is 0 Å². The largest absolute Gasteiger partial charge is 0.425 e. The van der Waals surface area contributed by atoms with Gasteiger partial charge in [0.2, 0.25) is 6.29 Å². The van der Waals surface area contributed by atoms with Crippen molar-refractivity contribution < 1.29 is 19.1 Å². The molecule has 0 radical (unpaired) electrons. The fourth-order valence-corrected chi connectivity index (χ4v) is 1.55. The van der Waals surface area contributed by atoms with Crippen LogP contribution in [-0.2, 0) is 19.1 Å². The lowest BCUT2D eigenvalue weighted by atomic mass is 10.2. The molecule has 0 heterocycles. The Balaban J connectivity index is 3.64. The Morgan fingerprint density at radius 2 is 1.22 bits per heavy atom. The topological polar surface area (TPSA) is 52.6 Å². The number of carbonyl (C=O) groups excluding carboxylic acids is 2. The molecule has 0 aromatic heterocycles. The van der Waals surface area contributed by atoms with Crippen LogP contribution in [0.3, 0.4) is 0 Å². The molecule has 0 N–H and O–H groups in total. The summed E-state index contributed by atoms with van der Waals surface area (Å²) in [4.78, 5) is 22.7. The minimum absolute atomic E-state index is 0.294. The lowest BCUT2D eigenvalue weighted by molar-refractivity contribution is -0.184. The van der Waals surface area contributed by atoms with Crippen molar-refractivity contribution in [1.82, 2.24) is 0 Å². The van der Waals surface area contributed by atoms with Crippen LogP contribution in [0.15, 0.2) is 0 Å². The summed E-state index contributed by atoms with van der Waals surface area (Å²) in [5.41, 5.74) is 0. The van der Waals surface area contributed by atoms with E-state index in [-0.39, 0.29) is 11.9 Å². The van der Waals surface area contributed by atoms with Crippen molar-refractivity contribution in [1.29, 1.82) is 0 Å². The van der Waals surface area contributed by atoms with E-state index in [0.717, 1.165) is 38.5 Å². The van der Waals surface area contributed by atoms with Crippen molar-refractivity contribution in [3.05, 3.63) is 0 Å². The molecule has 4 nitrogen and oxygen atoms in total. The molecular weight excluding hydrogens is 232 g/mol. The molecule has 0 saturated carbocycles. The molecule has 0 rings (SSSR count). The van der Waals surface area contributed by atoms with Gasteiger partial charge in [0, 0.05) is 19.8 Å². The van der Waals surface area contributed by atoms with Gasteiger partial charge in [-0.25, -0.2) is 0 Å². The maximum atomic E-state index is 11.4. The van der Waals surface area contributed by atoms with E-state index in [1.165, 1.54) is 0 Å². The van der Waals surface area contributed by atoms with Crippen molar-refractivity contribution in [3.63, 3.8) is 0 Å². The molecule has 0 aliphatic rings. The minimum Gasteiger partial charge on any atom is -0.425 e. The molecule has 0 unspecified atom stereocenters. The Morgan fingerprint density at radius 3 is 1.56 bits per heavy atom. The number of unbranched alkanes of at least 4 members (excludes halogenated alkanes) is 4. The molecule has 0 aromatic rings. The third-order valence-corrected chi connectivity index (χ3v) is 2.56. The SMILES string of the molecule is CCCCCC(=O)OC(C)OC(=O)CCCCC. The summed E-state index contributed by atoms with van der Waals surface area (Å²) in [6, 6.07) is 0. The first-order valence-electron chi connectivity index (χ1n) is 6.99. The van der Waals surface area contributed by atoms with Crippen LogP contribution in [0.25, 0.3) is 0 Å². The van der Waals surface area contributed by atoms with E-state index in [1.54, 1.807) is 6.92 Å². The first kappa shape index (κ1) is 16.9. The quantitative estimate of drug-likeness (QED) is 0.341. The van der Waals surface area contributed by atoms with Gasteiger partial charge < -0.3 is 9.47 Å². The highest BCUT2D eigenvalue weighted by Gasteiger charge is 2.13. The zero-order valence-corrected chi connectivity index (χ0v) is 11.9. The van der Waals surface area contributed by atoms with Crippen LogP contribution < -0.4 is 0 Å². The fourth-order valence-electron chi connectivity index (χ4n) is 1.55. The molecule has 0 atom stereocenters. The second-order valence-electron chi connectivity index (χ2n) is 4.46. The second kappa shape index (κ2) is 11.1. The van der Waals surface area contributed by atoms with Crippen molar-refractivity contribution in [3.8, 4) is 0 Å². The van der Waals surface area contributed by atoms with Gasteiger partial charge in [-0.05, 0) is 12.8 Å². The summed E-state index contributed by atoms with van der Waals surface area (Å²) in [7, 11) is 0. The van der Waals surface area contributed by atoms with Crippen LogP contribution in [0.2, 0.25) is 0 Å². The van der Waals surface area contributed by atoms with Gasteiger partial charge >= 0.3 is 11.9 Å². The van der Waals surface area contributed by atoms with E-state index in [9.17, 15) is 9.59 Å². The maximum absolute atomic E-state index is 11.4. The zero-order chi connectivity index (χ0) is 13.8. The van der Waals surface area contributed by atoms with Gasteiger partial charge in [-0.15, -0.1) is 0 Å². The molecule has 0 amide bonds. The van der Waals surface area contributed by atoms with E-state index >= 15 is 0 Å². The number of hydrogen-bond acceptors (Lipinski definition) is 4. The van der Waals surface area contributed by atoms with Gasteiger partial charge in [0.05, 0.1) is 0 Å². The number of esters is 2. The molecule has 0 aromatic carbocycles. The molecule has 0 fully saturated rings. The van der Waals surface area contributed by atoms with E-state index in [2.05, 4.69) is 13.8 Å². The summed E-state index contributed by atoms with van der Waals surface area (Å²) >= 11 is 0. The van der Waals surface area contributed by atoms with E-state index in [0.29, 0.717) is 12.8 Å². The van der Waals surface area contributed by atoms with Gasteiger partial charge in [0.1, 0.15) is 0 Å². The van der Waals surface area contributed by atoms with Gasteiger partial charge in [-0.1, -0.05) is 39.5 Å². The van der Waals surface area contributed by atoms with Crippen LogP contribution in [0.1, 0.15) is 72.1 Å². The molecular formula is C14H26O4. The summed E-state index contributed by atoms with van der Waals surface area (Å²) in [6.45, 7) is 5.73. The zero-order valence-electron chi connectivity index (χ0n) is 11.9. The molecule has 0 saturated heterocycles. The minimum atomic E-state index is -0.770. The molecule has 18 heavy (non-hydrogen) atoms. The highest BCUT2D eigenvalue weighted by Crippen LogP contribution is 2.06. The van der Waals surface area contributed by atoms with Crippen molar-refractivity contribution in [2.75, 3.05) is 0 Å². The predicted octanol–water partition coefficient (Wildman–Crippen LogP) is 3.58. The highest BCUT2D eigenvalue weighted by molar-refractivity contribution is 5.71. The van der Waals surface area contributed by atoms with Gasteiger partial charge in [0.15, 0.2) is 0 Å². The molecule has 0 aliphatic heterocycles. The standard InChI is InChI=1S/C14H26O4/c1-4-6-8-10-13(15)17-12(3)18-14(16)11-9-7-5-2/h12H,4-11H2,1-3H3. The van der Waals surface area contributed by atoms with E-state index in [1.807, 2.05) is 0 Å². The molecule has 0 aliphatic carbocycles. The second-order valence-corrected chi connectivity index (χ2v) is 4.46. The molecule has 0 spiro atoms. The summed E-state index contributed by atoms with van der Waals surface area (Å²) in [6.07, 6.45) is 5.83. The lowest BCUT2D eigenvalue weighted by Gasteiger charge is -2.14. The predicted molar refractivity (Wildman–Crippen MR) is 69.9 cm³/mol. The first-order chi connectivity index (χ1) is 8.60. The van der Waals surface area contributed by atoms with Crippen molar-refractivity contribution in [2.24, 2.45) is 0 Å². The average molecular weight is 258 g/mol. The average Bonchev–Trinajstić information content (AvgIpc) is 2.29. The Labute approximate surface area is 110 Å². The van der Waals surface area contributed by atoms with Gasteiger partial charge in [0.25, 0.3) is 0 Å². The van der Waals surface area contributed by atoms with E-state index in [4.69, 9.17) is 9.47 Å². The first-order valence-corrected chi connectivity index (χ1v) is 6.99. The Bertz CT molecular complexity index is 214. The number of carbonyl (C=O) groups is 2. The van der Waals surface area contributed by atoms with Crippen LogP contribution >= 0.6 is 0 Å². The van der Waals surface area contributed by atoms with Gasteiger partial charge in [-0.2, -0.15) is 0 Å². The molecule has 0 bridgehead atoms. The molecule has 106 valence electrons. The summed E-state index contributed by atoms with van der Waals surface area (Å²) in [5.74, 6) is -0.588. The normalized spacial score (nSPS) is 10.4. The maximum Gasteiger partial charge on any atom is 0.308 e. The fraction of sp³-hybridized carbons (Fsp3) is 0.857. The smallest absolute Gasteiger partial charge is 0.308 e. The third-order valence-electron chi connectivity index (χ3n) is 2.56. The van der Waals surface area contributed by atoms with Crippen molar-refractivity contribution in [2.45, 2.75) is 78.4 Å². The van der Waals surface area contributed by atoms with Crippen LogP contribution in [0.4, 0.5) is 0 Å². The Hall–Kier alpha value is -1.06. The Kier molecular flexibility index (Phi) is 10.4. The lowest BCUT2D eigenvalue weighted by Crippen LogP contribution is -2.21. The highest BCUT2D eigenvalue weighted by atomic mass is 16.7. The van der Waals surface area contributed by atoms with Gasteiger partial charge in [-0.3, -0.25) is 9.59 Å². The van der Waals surface area contributed by atoms with Crippen LogP contribution in [-0.4, -0.2) is 18.2 Å². The number of ether oxygens (including phenoxy) is 2. The van der Waals surface area contributed by atoms with Crippen LogP contribution in [0.5, 0.6) is 0 Å². The monoisotopic (exact) mass is 258 g/mol. The van der Waals surface area contributed by atoms with Crippen molar-refractivity contribution >= 4 is 11.9 Å². The Morgan fingerprint density at radius 1 is 0.833 bits per heavy atom. The summed E-state index contributed by atoms with van der Waals surface area (Å²) in [5, 5.41) is 0. The van der Waals surface area contributed by atoms with E-state index < -0.39 is 6.29 Å². The molecule has 4 heteroatoms. The number of rotatable bonds is 10. The third kappa shape index (κ3) is 10.1. The number of hydrogen-bond donors (Lipinski definition) is 0. The summed E-state index contributed by atoms with van der Waals surface area (Å²) < 4.78 is 9.98.